The first kappa shape index (κ1) is 29.6. The number of carbonyl (C=O) groups excluding carboxylic acids is 1. The molecule has 1 amide bonds. The first-order valence-corrected chi connectivity index (χ1v) is 12.8. The van der Waals surface area contributed by atoms with Crippen LogP contribution in [0.1, 0.15) is 27.9 Å². The van der Waals surface area contributed by atoms with Gasteiger partial charge in [-0.2, -0.15) is 5.10 Å². The van der Waals surface area contributed by atoms with Crippen molar-refractivity contribution in [3.63, 3.8) is 0 Å². The molecule has 1 unspecified atom stereocenters. The monoisotopic (exact) mass is 567 g/mol. The molecule has 3 aromatic carbocycles. The molecule has 1 atom stereocenters. The van der Waals surface area contributed by atoms with Gasteiger partial charge in [0, 0.05) is 36.7 Å². The van der Waals surface area contributed by atoms with E-state index in [1.165, 1.54) is 23.4 Å². The number of hydrogen-bond donors (Lipinski definition) is 3. The van der Waals surface area contributed by atoms with Crippen molar-refractivity contribution in [2.24, 2.45) is 0 Å². The van der Waals surface area contributed by atoms with Gasteiger partial charge < -0.3 is 14.6 Å². The zero-order chi connectivity index (χ0) is 29.2. The summed E-state index contributed by atoms with van der Waals surface area (Å²) in [5, 5.41) is 24.2. The summed E-state index contributed by atoms with van der Waals surface area (Å²) >= 11 is 0. The van der Waals surface area contributed by atoms with Crippen LogP contribution in [0.25, 0.3) is 0 Å². The lowest BCUT2D eigenvalue weighted by Gasteiger charge is -2.33. The number of nitrogens with one attached hydrogen (secondary N) is 1. The number of likely N-dealkylation sites (N-methyl/N-ethyl adjacent to an activating group) is 1. The van der Waals surface area contributed by atoms with E-state index >= 15 is 0 Å². The van der Waals surface area contributed by atoms with Gasteiger partial charge in [0.05, 0.1) is 19.8 Å². The maximum atomic E-state index is 14.7. The molecule has 216 valence electrons. The summed E-state index contributed by atoms with van der Waals surface area (Å²) in [6.07, 6.45) is 3.38. The van der Waals surface area contributed by atoms with Crippen LogP contribution in [0.15, 0.2) is 79.4 Å². The second-order valence-corrected chi connectivity index (χ2v) is 9.58. The highest BCUT2D eigenvalue weighted by Crippen LogP contribution is 2.28. The number of aliphatic hydroxyl groups is 1. The molecule has 0 bridgehead atoms. The second kappa shape index (κ2) is 13.8. The maximum absolute atomic E-state index is 14.7. The van der Waals surface area contributed by atoms with Crippen LogP contribution in [0.3, 0.4) is 0 Å². The molecule has 0 aliphatic carbocycles. The third-order valence-corrected chi connectivity index (χ3v) is 6.27. The highest BCUT2D eigenvalue weighted by Gasteiger charge is 2.34. The maximum Gasteiger partial charge on any atom is 0.274 e. The van der Waals surface area contributed by atoms with Gasteiger partial charge in [-0.05, 0) is 55.1 Å². The quantitative estimate of drug-likeness (QED) is 0.120. The molecule has 1 heterocycles. The summed E-state index contributed by atoms with van der Waals surface area (Å²) in [4.78, 5) is 17.1. The summed E-state index contributed by atoms with van der Waals surface area (Å²) in [6, 6.07) is 17.0. The van der Waals surface area contributed by atoms with E-state index in [2.05, 4.69) is 10.1 Å². The van der Waals surface area contributed by atoms with Crippen molar-refractivity contribution in [1.82, 2.24) is 25.1 Å². The number of benzene rings is 3. The predicted octanol–water partition coefficient (Wildman–Crippen LogP) is 3.54. The molecule has 41 heavy (non-hydrogen) atoms. The van der Waals surface area contributed by atoms with Crippen LogP contribution in [-0.2, 0) is 18.7 Å². The molecule has 10 nitrogen and oxygen atoms in total. The van der Waals surface area contributed by atoms with Crippen molar-refractivity contribution in [3.05, 3.63) is 108 Å². The highest BCUT2D eigenvalue weighted by atomic mass is 19.1. The molecule has 12 heteroatoms. The lowest BCUT2D eigenvalue weighted by molar-refractivity contribution is -0.0175. The summed E-state index contributed by atoms with van der Waals surface area (Å²) in [5.41, 5.74) is 1.13. The van der Waals surface area contributed by atoms with Gasteiger partial charge in [-0.3, -0.25) is 14.9 Å². The van der Waals surface area contributed by atoms with Gasteiger partial charge in [0.25, 0.3) is 5.91 Å². The van der Waals surface area contributed by atoms with E-state index in [0.29, 0.717) is 43.2 Å². The number of nitrogens with zero attached hydrogens (tertiary/aromatic N) is 4. The van der Waals surface area contributed by atoms with Gasteiger partial charge in [0.1, 0.15) is 41.4 Å². The summed E-state index contributed by atoms with van der Waals surface area (Å²) in [5.74, 6) is -0.862. The topological polar surface area (TPSA) is 122 Å². The Balaban J connectivity index is 1.26. The molecular formula is C29H31F2N5O5. The third kappa shape index (κ3) is 8.30. The molecule has 3 N–H and O–H groups in total. The predicted molar refractivity (Wildman–Crippen MR) is 144 cm³/mol. The van der Waals surface area contributed by atoms with E-state index in [1.54, 1.807) is 36.8 Å². The molecule has 0 saturated carbocycles. The van der Waals surface area contributed by atoms with E-state index in [9.17, 15) is 18.7 Å². The van der Waals surface area contributed by atoms with E-state index in [1.807, 2.05) is 29.2 Å². The Morgan fingerprint density at radius 1 is 1.02 bits per heavy atom. The number of carbonyl (C=O) groups is 1. The average Bonchev–Trinajstić information content (AvgIpc) is 3.46. The minimum Gasteiger partial charge on any atom is -0.493 e. The summed E-state index contributed by atoms with van der Waals surface area (Å²) < 4.78 is 41.0. The van der Waals surface area contributed by atoms with Gasteiger partial charge in [-0.25, -0.2) is 23.9 Å². The fraction of sp³-hybridized carbons (Fsp3) is 0.276. The van der Waals surface area contributed by atoms with E-state index in [4.69, 9.17) is 14.7 Å². The SMILES string of the molecule is CN(Cc1ccc(OCCCOc2ccc(C(=O)NO)cc2)cc1)CC(O)(Cn1cncn1)c1ccc(F)cc1F. The number of hydrogen-bond acceptors (Lipinski definition) is 8. The smallest absolute Gasteiger partial charge is 0.274 e. The summed E-state index contributed by atoms with van der Waals surface area (Å²) in [7, 11) is 1.80. The zero-order valence-corrected chi connectivity index (χ0v) is 22.4. The van der Waals surface area contributed by atoms with Crippen LogP contribution in [0.5, 0.6) is 11.5 Å². The molecule has 4 aromatic rings. The van der Waals surface area contributed by atoms with Crippen molar-refractivity contribution in [1.29, 1.82) is 0 Å². The molecule has 0 fully saturated rings. The number of ether oxygens (including phenoxy) is 2. The van der Waals surface area contributed by atoms with Gasteiger partial charge in [-0.15, -0.1) is 0 Å². The Bertz CT molecular complexity index is 1400. The van der Waals surface area contributed by atoms with Gasteiger partial charge in [0.15, 0.2) is 0 Å². The lowest BCUT2D eigenvalue weighted by Crippen LogP contribution is -2.43. The van der Waals surface area contributed by atoms with Crippen molar-refractivity contribution < 1.29 is 33.4 Å². The summed E-state index contributed by atoms with van der Waals surface area (Å²) in [6.45, 7) is 1.28. The van der Waals surface area contributed by atoms with Crippen molar-refractivity contribution >= 4 is 5.91 Å². The van der Waals surface area contributed by atoms with E-state index in [-0.39, 0.29) is 18.7 Å². The van der Waals surface area contributed by atoms with Crippen molar-refractivity contribution in [2.45, 2.75) is 25.1 Å². The fourth-order valence-corrected chi connectivity index (χ4v) is 4.38. The number of hydroxylamine groups is 1. The highest BCUT2D eigenvalue weighted by molar-refractivity contribution is 5.93. The number of aromatic nitrogens is 3. The number of amides is 1. The molecule has 0 aliphatic rings. The molecular weight excluding hydrogens is 536 g/mol. The Morgan fingerprint density at radius 2 is 1.68 bits per heavy atom. The average molecular weight is 568 g/mol. The van der Waals surface area contributed by atoms with Crippen LogP contribution in [0, 0.1) is 11.6 Å². The second-order valence-electron chi connectivity index (χ2n) is 9.58. The Morgan fingerprint density at radius 3 is 2.27 bits per heavy atom. The van der Waals surface area contributed by atoms with Crippen LogP contribution in [-0.4, -0.2) is 62.7 Å². The van der Waals surface area contributed by atoms with Crippen LogP contribution >= 0.6 is 0 Å². The van der Waals surface area contributed by atoms with Crippen molar-refractivity contribution in [2.75, 3.05) is 26.8 Å². The zero-order valence-electron chi connectivity index (χ0n) is 22.4. The molecule has 0 radical (unpaired) electrons. The molecule has 0 spiro atoms. The molecule has 1 aromatic heterocycles. The van der Waals surface area contributed by atoms with E-state index in [0.717, 1.165) is 17.7 Å². The van der Waals surface area contributed by atoms with Crippen LogP contribution in [0.4, 0.5) is 8.78 Å². The largest absolute Gasteiger partial charge is 0.493 e. The normalized spacial score (nSPS) is 12.6. The minimum atomic E-state index is -1.69. The Kier molecular flexibility index (Phi) is 9.95. The van der Waals surface area contributed by atoms with Gasteiger partial charge in [0.2, 0.25) is 0 Å². The van der Waals surface area contributed by atoms with Gasteiger partial charge >= 0.3 is 0 Å². The number of halogens is 2. The standard InChI is InChI=1S/C29H31F2N5O5/c1-35(17-29(38,18-36-20-32-19-33-36)26-12-7-23(30)15-27(26)31)16-21-3-8-24(9-4-21)40-13-2-14-41-25-10-5-22(6-11-25)28(37)34-39/h3-12,15,19-20,38-39H,2,13-14,16-18H2,1H3,(H,34,37). The van der Waals surface area contributed by atoms with Crippen molar-refractivity contribution in [3.8, 4) is 11.5 Å². The first-order valence-electron chi connectivity index (χ1n) is 12.8. The third-order valence-electron chi connectivity index (χ3n) is 6.27. The Hall–Kier alpha value is -4.39. The van der Waals surface area contributed by atoms with Crippen LogP contribution in [0.2, 0.25) is 0 Å². The minimum absolute atomic E-state index is 0.0277. The fourth-order valence-electron chi connectivity index (χ4n) is 4.38. The van der Waals surface area contributed by atoms with Gasteiger partial charge in [-0.1, -0.05) is 18.2 Å². The lowest BCUT2D eigenvalue weighted by atomic mass is 9.92. The Labute approximate surface area is 235 Å². The molecule has 0 saturated heterocycles. The van der Waals surface area contributed by atoms with E-state index < -0.39 is 23.1 Å². The van der Waals surface area contributed by atoms with Crippen LogP contribution < -0.4 is 15.0 Å². The number of rotatable bonds is 14. The molecule has 4 rings (SSSR count). The molecule has 0 aliphatic heterocycles. The first-order chi connectivity index (χ1) is 19.8.